The van der Waals surface area contributed by atoms with Gasteiger partial charge in [-0.1, -0.05) is 77.9 Å². The Hall–Kier alpha value is -2.09. The first-order valence-electron chi connectivity index (χ1n) is 9.04. The van der Waals surface area contributed by atoms with Gasteiger partial charge in [-0.2, -0.15) is 0 Å². The lowest BCUT2D eigenvalue weighted by Crippen LogP contribution is -2.30. The van der Waals surface area contributed by atoms with Crippen LogP contribution in [0.15, 0.2) is 48.5 Å². The SMILES string of the molecule is CC(C)c1ccc(C(C)(C)CC(C)(C)c2cccc(C(N)=O)c2)cc1. The number of carbonyl (C=O) groups is 1. The third-order valence-electron chi connectivity index (χ3n) is 5.17. The molecule has 2 nitrogen and oxygen atoms in total. The number of amides is 1. The van der Waals surface area contributed by atoms with E-state index in [0.29, 0.717) is 11.5 Å². The quantitative estimate of drug-likeness (QED) is 0.737. The van der Waals surface area contributed by atoms with Crippen LogP contribution in [-0.4, -0.2) is 5.91 Å². The number of carbonyl (C=O) groups excluding carboxylic acids is 1. The van der Waals surface area contributed by atoms with Crippen LogP contribution >= 0.6 is 0 Å². The average Bonchev–Trinajstić information content (AvgIpc) is 2.54. The Bertz CT molecular complexity index is 739. The van der Waals surface area contributed by atoms with E-state index in [9.17, 15) is 4.79 Å². The molecule has 0 aliphatic heterocycles. The summed E-state index contributed by atoms with van der Waals surface area (Å²) in [4.78, 5) is 11.5. The molecule has 0 saturated heterocycles. The number of benzene rings is 2. The first-order chi connectivity index (χ1) is 11.5. The van der Waals surface area contributed by atoms with Crippen molar-refractivity contribution in [3.63, 3.8) is 0 Å². The predicted octanol–water partition coefficient (Wildman–Crippen LogP) is 5.55. The molecule has 2 aromatic rings. The highest BCUT2D eigenvalue weighted by Gasteiger charge is 2.31. The maximum absolute atomic E-state index is 11.5. The molecule has 0 atom stereocenters. The van der Waals surface area contributed by atoms with Gasteiger partial charge in [-0.25, -0.2) is 0 Å². The highest BCUT2D eigenvalue weighted by molar-refractivity contribution is 5.92. The standard InChI is InChI=1S/C23H31NO/c1-16(2)17-10-12-19(13-11-17)22(3,4)15-23(5,6)20-9-7-8-18(14-20)21(24)25/h7-14,16H,15H2,1-6H3,(H2,24,25). The largest absolute Gasteiger partial charge is 0.366 e. The zero-order valence-electron chi connectivity index (χ0n) is 16.4. The summed E-state index contributed by atoms with van der Waals surface area (Å²) >= 11 is 0. The van der Waals surface area contributed by atoms with Gasteiger partial charge in [0.25, 0.3) is 0 Å². The Morgan fingerprint density at radius 1 is 0.920 bits per heavy atom. The molecule has 0 aliphatic carbocycles. The molecule has 0 bridgehead atoms. The third-order valence-corrected chi connectivity index (χ3v) is 5.17. The normalized spacial score (nSPS) is 12.4. The number of primary amides is 1. The minimum Gasteiger partial charge on any atom is -0.366 e. The molecule has 0 heterocycles. The second-order valence-corrected chi connectivity index (χ2v) is 8.67. The first kappa shape index (κ1) is 19.2. The van der Waals surface area contributed by atoms with Gasteiger partial charge in [0.2, 0.25) is 5.91 Å². The van der Waals surface area contributed by atoms with Crippen LogP contribution in [0, 0.1) is 0 Å². The van der Waals surface area contributed by atoms with E-state index in [0.717, 1.165) is 12.0 Å². The van der Waals surface area contributed by atoms with Crippen LogP contribution in [-0.2, 0) is 10.8 Å². The fourth-order valence-electron chi connectivity index (χ4n) is 3.72. The molecule has 25 heavy (non-hydrogen) atoms. The van der Waals surface area contributed by atoms with Crippen LogP contribution in [0.25, 0.3) is 0 Å². The van der Waals surface area contributed by atoms with Gasteiger partial charge in [0.15, 0.2) is 0 Å². The lowest BCUT2D eigenvalue weighted by Gasteiger charge is -2.36. The van der Waals surface area contributed by atoms with Crippen molar-refractivity contribution in [1.29, 1.82) is 0 Å². The molecule has 0 radical (unpaired) electrons. The van der Waals surface area contributed by atoms with Crippen LogP contribution in [0.4, 0.5) is 0 Å². The number of nitrogens with two attached hydrogens (primary N) is 1. The topological polar surface area (TPSA) is 43.1 Å². The predicted molar refractivity (Wildman–Crippen MR) is 106 cm³/mol. The molecule has 0 saturated carbocycles. The Balaban J connectivity index is 2.28. The summed E-state index contributed by atoms with van der Waals surface area (Å²) in [7, 11) is 0. The fraction of sp³-hybridized carbons (Fsp3) is 0.435. The van der Waals surface area contributed by atoms with Crippen LogP contribution in [0.1, 0.15) is 80.9 Å². The van der Waals surface area contributed by atoms with E-state index < -0.39 is 0 Å². The van der Waals surface area contributed by atoms with Gasteiger partial charge in [0.1, 0.15) is 0 Å². The highest BCUT2D eigenvalue weighted by Crippen LogP contribution is 2.39. The molecule has 0 unspecified atom stereocenters. The number of hydrogen-bond donors (Lipinski definition) is 1. The lowest BCUT2D eigenvalue weighted by molar-refractivity contribution is 0.1000. The molecule has 0 spiro atoms. The van der Waals surface area contributed by atoms with Gasteiger partial charge in [0, 0.05) is 5.56 Å². The van der Waals surface area contributed by atoms with Crippen molar-refractivity contribution in [2.45, 2.75) is 64.7 Å². The smallest absolute Gasteiger partial charge is 0.248 e. The summed E-state index contributed by atoms with van der Waals surface area (Å²) in [6.45, 7) is 13.5. The van der Waals surface area contributed by atoms with Crippen molar-refractivity contribution in [3.05, 3.63) is 70.8 Å². The molecule has 0 aliphatic rings. The van der Waals surface area contributed by atoms with Gasteiger partial charge < -0.3 is 5.73 Å². The third kappa shape index (κ3) is 4.50. The van der Waals surface area contributed by atoms with Gasteiger partial charge in [-0.05, 0) is 52.0 Å². The minimum atomic E-state index is -0.374. The van der Waals surface area contributed by atoms with E-state index >= 15 is 0 Å². The summed E-state index contributed by atoms with van der Waals surface area (Å²) in [6, 6.07) is 16.7. The molecular weight excluding hydrogens is 306 g/mol. The van der Waals surface area contributed by atoms with Crippen molar-refractivity contribution in [2.75, 3.05) is 0 Å². The Morgan fingerprint density at radius 3 is 2.00 bits per heavy atom. The van der Waals surface area contributed by atoms with Crippen molar-refractivity contribution in [2.24, 2.45) is 5.73 Å². The van der Waals surface area contributed by atoms with E-state index in [4.69, 9.17) is 5.73 Å². The monoisotopic (exact) mass is 337 g/mol. The zero-order chi connectivity index (χ0) is 18.8. The second-order valence-electron chi connectivity index (χ2n) is 8.67. The summed E-state index contributed by atoms with van der Waals surface area (Å²) in [5.41, 5.74) is 9.84. The minimum absolute atomic E-state index is 0.0295. The zero-order valence-corrected chi connectivity index (χ0v) is 16.4. The van der Waals surface area contributed by atoms with E-state index in [1.165, 1.54) is 11.1 Å². The van der Waals surface area contributed by atoms with Crippen LogP contribution in [0.3, 0.4) is 0 Å². The molecule has 2 N–H and O–H groups in total. The van der Waals surface area contributed by atoms with Crippen molar-refractivity contribution >= 4 is 5.91 Å². The maximum atomic E-state index is 11.5. The van der Waals surface area contributed by atoms with E-state index in [1.54, 1.807) is 6.07 Å². The van der Waals surface area contributed by atoms with Gasteiger partial charge in [-0.15, -0.1) is 0 Å². The molecule has 1 amide bonds. The molecule has 134 valence electrons. The Labute approximate surface area is 152 Å². The van der Waals surface area contributed by atoms with Gasteiger partial charge >= 0.3 is 0 Å². The lowest BCUT2D eigenvalue weighted by atomic mass is 9.68. The molecule has 2 rings (SSSR count). The Morgan fingerprint density at radius 2 is 1.48 bits per heavy atom. The number of rotatable bonds is 6. The van der Waals surface area contributed by atoms with E-state index in [1.807, 2.05) is 12.1 Å². The molecule has 2 aromatic carbocycles. The highest BCUT2D eigenvalue weighted by atomic mass is 16.1. The summed E-state index contributed by atoms with van der Waals surface area (Å²) < 4.78 is 0. The summed E-state index contributed by atoms with van der Waals surface area (Å²) in [5.74, 6) is 0.173. The molecular formula is C23H31NO. The van der Waals surface area contributed by atoms with Gasteiger partial charge in [-0.3, -0.25) is 4.79 Å². The number of hydrogen-bond acceptors (Lipinski definition) is 1. The molecule has 0 fully saturated rings. The van der Waals surface area contributed by atoms with Crippen molar-refractivity contribution < 1.29 is 4.79 Å². The summed E-state index contributed by atoms with van der Waals surface area (Å²) in [5, 5.41) is 0. The summed E-state index contributed by atoms with van der Waals surface area (Å²) in [6.07, 6.45) is 0.975. The average molecular weight is 338 g/mol. The second kappa shape index (κ2) is 7.03. The molecule has 0 aromatic heterocycles. The van der Waals surface area contributed by atoms with Crippen LogP contribution in [0.2, 0.25) is 0 Å². The van der Waals surface area contributed by atoms with E-state index in [-0.39, 0.29) is 16.7 Å². The van der Waals surface area contributed by atoms with Crippen molar-refractivity contribution in [1.82, 2.24) is 0 Å². The Kier molecular flexibility index (Phi) is 5.41. The van der Waals surface area contributed by atoms with E-state index in [2.05, 4.69) is 71.9 Å². The van der Waals surface area contributed by atoms with Crippen molar-refractivity contribution in [3.8, 4) is 0 Å². The van der Waals surface area contributed by atoms with Gasteiger partial charge in [0.05, 0.1) is 0 Å². The molecule has 2 heteroatoms. The first-order valence-corrected chi connectivity index (χ1v) is 9.04. The van der Waals surface area contributed by atoms with Crippen LogP contribution in [0.5, 0.6) is 0 Å². The maximum Gasteiger partial charge on any atom is 0.248 e. The fourth-order valence-corrected chi connectivity index (χ4v) is 3.72. The van der Waals surface area contributed by atoms with Crippen LogP contribution < -0.4 is 5.73 Å².